The van der Waals surface area contributed by atoms with Crippen molar-refractivity contribution in [1.82, 2.24) is 9.97 Å². The van der Waals surface area contributed by atoms with Gasteiger partial charge in [0.1, 0.15) is 0 Å². The van der Waals surface area contributed by atoms with Crippen molar-refractivity contribution >= 4 is 42.9 Å². The van der Waals surface area contributed by atoms with Crippen LogP contribution in [-0.4, -0.2) is 27.4 Å². The predicted molar refractivity (Wildman–Crippen MR) is 70.6 cm³/mol. The first-order valence-corrected chi connectivity index (χ1v) is 7.11. The van der Waals surface area contributed by atoms with Crippen LogP contribution in [0.1, 0.15) is 6.92 Å². The first-order valence-electron chi connectivity index (χ1n) is 4.37. The molecule has 10 heteroatoms. The zero-order valence-electron chi connectivity index (χ0n) is 9.01. The lowest BCUT2D eigenvalue weighted by Gasteiger charge is -2.12. The number of methoxy groups -OCH3 is 1. The molecule has 2 unspecified atom stereocenters. The Bertz CT molecular complexity index is 436. The van der Waals surface area contributed by atoms with Gasteiger partial charge in [0.15, 0.2) is 0 Å². The van der Waals surface area contributed by atoms with E-state index in [9.17, 15) is 10.1 Å². The Morgan fingerprint density at radius 1 is 1.65 bits per heavy atom. The quantitative estimate of drug-likeness (QED) is 0.293. The van der Waals surface area contributed by atoms with Crippen LogP contribution in [0, 0.1) is 10.1 Å². The maximum absolute atomic E-state index is 10.9. The van der Waals surface area contributed by atoms with E-state index in [-0.39, 0.29) is 28.0 Å². The van der Waals surface area contributed by atoms with Crippen LogP contribution < -0.4 is 10.1 Å². The number of aromatic nitrogens is 2. The molecule has 1 N–H and O–H groups in total. The second-order valence-electron chi connectivity index (χ2n) is 2.88. The maximum atomic E-state index is 10.9. The minimum atomic E-state index is -0.613. The van der Waals surface area contributed by atoms with Crippen LogP contribution in [0.5, 0.6) is 5.88 Å². The number of nitrogens with one attached hydrogen (secondary N) is 1. The topological polar surface area (TPSA) is 90.2 Å². The van der Waals surface area contributed by atoms with Crippen LogP contribution >= 0.6 is 31.4 Å². The summed E-state index contributed by atoms with van der Waals surface area (Å²) in [4.78, 5) is 17.8. The molecule has 17 heavy (non-hydrogen) atoms. The Hall–Kier alpha value is -0.850. The Labute approximate surface area is 109 Å². The minimum Gasteiger partial charge on any atom is -0.476 e. The van der Waals surface area contributed by atoms with Crippen molar-refractivity contribution in [3.8, 4) is 5.88 Å². The van der Waals surface area contributed by atoms with Crippen molar-refractivity contribution in [3.63, 3.8) is 0 Å². The zero-order chi connectivity index (χ0) is 13.0. The van der Waals surface area contributed by atoms with Gasteiger partial charge in [-0.3, -0.25) is 10.1 Å². The normalized spacial score (nSPS) is 12.0. The first kappa shape index (κ1) is 14.2. The lowest BCUT2D eigenvalue weighted by molar-refractivity contribution is -0.385. The Kier molecular flexibility index (Phi) is 5.17. The van der Waals surface area contributed by atoms with Gasteiger partial charge in [0, 0.05) is 0 Å². The molecule has 0 amide bonds. The van der Waals surface area contributed by atoms with E-state index in [0.29, 0.717) is 0 Å². The molecule has 1 heterocycles. The Balaban J connectivity index is 3.25. The summed E-state index contributed by atoms with van der Waals surface area (Å²) in [5.41, 5.74) is -0.331. The van der Waals surface area contributed by atoms with Gasteiger partial charge in [-0.25, -0.2) is 0 Å². The summed E-state index contributed by atoms with van der Waals surface area (Å²) in [6.45, 7) is 1.82. The third-order valence-corrected chi connectivity index (χ3v) is 3.66. The zero-order valence-corrected chi connectivity index (χ0v) is 11.7. The summed E-state index contributed by atoms with van der Waals surface area (Å²) in [7, 11) is 3.72. The number of nitro groups is 1. The summed E-state index contributed by atoms with van der Waals surface area (Å²) in [5.74, 6) is -0.132. The Morgan fingerprint density at radius 3 is 2.76 bits per heavy atom. The fraction of sp³-hybridized carbons (Fsp3) is 0.429. The highest BCUT2D eigenvalue weighted by Crippen LogP contribution is 2.34. The van der Waals surface area contributed by atoms with Gasteiger partial charge in [0.25, 0.3) is 0 Å². The SMILES string of the molecule is COc1nc(Cl)nc(NC(C)SP)c1[N+](=O)[O-]. The van der Waals surface area contributed by atoms with E-state index in [4.69, 9.17) is 16.3 Å². The number of hydrogen-bond acceptors (Lipinski definition) is 7. The van der Waals surface area contributed by atoms with Crippen molar-refractivity contribution in [2.24, 2.45) is 0 Å². The van der Waals surface area contributed by atoms with Crippen molar-refractivity contribution in [2.45, 2.75) is 12.3 Å². The second-order valence-corrected chi connectivity index (χ2v) is 5.01. The molecule has 0 bridgehead atoms. The summed E-state index contributed by atoms with van der Waals surface area (Å²) in [6, 6.07) is 0. The maximum Gasteiger partial charge on any atom is 0.372 e. The van der Waals surface area contributed by atoms with Crippen molar-refractivity contribution in [3.05, 3.63) is 15.4 Å². The molecule has 0 aliphatic heterocycles. The molecule has 2 atom stereocenters. The van der Waals surface area contributed by atoms with Crippen molar-refractivity contribution < 1.29 is 9.66 Å². The number of rotatable bonds is 5. The molecule has 0 spiro atoms. The smallest absolute Gasteiger partial charge is 0.372 e. The average molecular weight is 297 g/mol. The van der Waals surface area contributed by atoms with E-state index in [0.717, 1.165) is 0 Å². The van der Waals surface area contributed by atoms with E-state index in [2.05, 4.69) is 23.7 Å². The molecule has 0 aromatic carbocycles. The van der Waals surface area contributed by atoms with Gasteiger partial charge in [-0.1, -0.05) is 8.44 Å². The molecule has 1 rings (SSSR count). The number of anilines is 1. The second kappa shape index (κ2) is 6.18. The van der Waals surface area contributed by atoms with E-state index < -0.39 is 4.92 Å². The lowest BCUT2D eigenvalue weighted by Crippen LogP contribution is -2.13. The third kappa shape index (κ3) is 3.55. The van der Waals surface area contributed by atoms with Crippen LogP contribution in [0.2, 0.25) is 5.28 Å². The van der Waals surface area contributed by atoms with Crippen LogP contribution in [0.15, 0.2) is 0 Å². The monoisotopic (exact) mass is 296 g/mol. The van der Waals surface area contributed by atoms with E-state index in [1.807, 2.05) is 6.92 Å². The van der Waals surface area contributed by atoms with Crippen LogP contribution in [0.3, 0.4) is 0 Å². The average Bonchev–Trinajstić information content (AvgIpc) is 2.27. The fourth-order valence-corrected chi connectivity index (χ4v) is 1.59. The highest BCUT2D eigenvalue weighted by atomic mass is 35.5. The Morgan fingerprint density at radius 2 is 2.29 bits per heavy atom. The van der Waals surface area contributed by atoms with Crippen molar-refractivity contribution in [2.75, 3.05) is 12.4 Å². The van der Waals surface area contributed by atoms with Gasteiger partial charge in [0.2, 0.25) is 11.1 Å². The predicted octanol–water partition coefficient (Wildman–Crippen LogP) is 2.33. The summed E-state index contributed by atoms with van der Waals surface area (Å²) in [5, 5.41) is 13.6. The van der Waals surface area contributed by atoms with Gasteiger partial charge in [-0.2, -0.15) is 9.97 Å². The molecule has 0 saturated heterocycles. The minimum absolute atomic E-state index is 0.0364. The standard InChI is InChI=1S/C7H10ClN4O3PS/c1-3(17-16)9-5-4(12(13)14)6(15-2)11-7(8)10-5/h3H,16H2,1-2H3,(H,9,10,11). The van der Waals surface area contributed by atoms with Gasteiger partial charge < -0.3 is 10.1 Å². The van der Waals surface area contributed by atoms with Crippen LogP contribution in [0.4, 0.5) is 11.5 Å². The largest absolute Gasteiger partial charge is 0.476 e. The third-order valence-electron chi connectivity index (χ3n) is 1.74. The van der Waals surface area contributed by atoms with E-state index >= 15 is 0 Å². The highest BCUT2D eigenvalue weighted by Gasteiger charge is 2.26. The molecule has 0 aliphatic carbocycles. The van der Waals surface area contributed by atoms with Gasteiger partial charge in [-0.15, -0.1) is 11.4 Å². The fourth-order valence-electron chi connectivity index (χ4n) is 1.04. The first-order chi connectivity index (χ1) is 7.99. The van der Waals surface area contributed by atoms with Gasteiger partial charge in [0.05, 0.1) is 17.4 Å². The highest BCUT2D eigenvalue weighted by molar-refractivity contribution is 8.44. The molecular formula is C7H10ClN4O3PS. The number of hydrogen-bond donors (Lipinski definition) is 1. The molecule has 1 aromatic heterocycles. The summed E-state index contributed by atoms with van der Waals surface area (Å²) >= 11 is 7.05. The molecule has 1 aromatic rings. The van der Waals surface area contributed by atoms with Crippen LogP contribution in [0.25, 0.3) is 0 Å². The van der Waals surface area contributed by atoms with E-state index in [1.165, 1.54) is 18.5 Å². The molecular weight excluding hydrogens is 287 g/mol. The lowest BCUT2D eigenvalue weighted by atomic mass is 10.4. The number of nitrogens with zero attached hydrogens (tertiary/aromatic N) is 3. The summed E-state index contributed by atoms with van der Waals surface area (Å²) in [6.07, 6.45) is 0. The molecule has 94 valence electrons. The molecule has 0 radical (unpaired) electrons. The molecule has 0 fully saturated rings. The number of halogens is 1. The summed E-state index contributed by atoms with van der Waals surface area (Å²) < 4.78 is 4.81. The molecule has 0 aliphatic rings. The molecule has 7 nitrogen and oxygen atoms in total. The van der Waals surface area contributed by atoms with Gasteiger partial charge in [-0.05, 0) is 18.5 Å². The van der Waals surface area contributed by atoms with E-state index in [1.54, 1.807) is 0 Å². The molecule has 0 saturated carbocycles. The van der Waals surface area contributed by atoms with Crippen LogP contribution in [-0.2, 0) is 0 Å². The number of ether oxygens (including phenoxy) is 1. The van der Waals surface area contributed by atoms with Crippen molar-refractivity contribution in [1.29, 1.82) is 0 Å². The van der Waals surface area contributed by atoms with Gasteiger partial charge >= 0.3 is 11.6 Å².